The Balaban J connectivity index is 2.36. The first-order valence-electron chi connectivity index (χ1n) is 6.15. The topological polar surface area (TPSA) is 114 Å². The highest BCUT2D eigenvalue weighted by Gasteiger charge is 2.33. The van der Waals surface area contributed by atoms with Crippen LogP contribution in [0.1, 0.15) is 20.3 Å². The lowest BCUT2D eigenvalue weighted by Crippen LogP contribution is -2.32. The van der Waals surface area contributed by atoms with E-state index in [0.29, 0.717) is 17.8 Å². The number of pyridine rings is 1. The minimum atomic E-state index is -0.952. The lowest BCUT2D eigenvalue weighted by Gasteiger charge is -2.22. The van der Waals surface area contributed by atoms with Crippen molar-refractivity contribution in [2.45, 2.75) is 26.8 Å². The molecule has 1 atom stereocenters. The molecule has 0 spiro atoms. The van der Waals surface area contributed by atoms with Crippen molar-refractivity contribution in [3.05, 3.63) is 28.7 Å². The van der Waals surface area contributed by atoms with E-state index < -0.39 is 11.4 Å². The van der Waals surface area contributed by atoms with Crippen LogP contribution >= 0.6 is 0 Å². The molecule has 0 aliphatic heterocycles. The lowest BCUT2D eigenvalue weighted by molar-refractivity contribution is -0.149. The maximum Gasteiger partial charge on any atom is 0.311 e. The van der Waals surface area contributed by atoms with Gasteiger partial charge in [0.1, 0.15) is 0 Å². The predicted octanol–water partition coefficient (Wildman–Crippen LogP) is 0.529. The largest absolute Gasteiger partial charge is 0.481 e. The number of carboxylic acids is 1. The van der Waals surface area contributed by atoms with Crippen LogP contribution in [0.2, 0.25) is 0 Å². The average molecular weight is 277 g/mol. The third kappa shape index (κ3) is 2.58. The van der Waals surface area contributed by atoms with Crippen molar-refractivity contribution in [1.29, 1.82) is 0 Å². The van der Waals surface area contributed by atoms with E-state index in [1.54, 1.807) is 19.9 Å². The van der Waals surface area contributed by atoms with Gasteiger partial charge in [-0.1, -0.05) is 6.92 Å². The fourth-order valence-electron chi connectivity index (χ4n) is 1.73. The Morgan fingerprint density at radius 2 is 2.25 bits per heavy atom. The molecule has 0 aromatic carbocycles. The minimum absolute atomic E-state index is 0.153. The Morgan fingerprint density at radius 3 is 2.80 bits per heavy atom. The second-order valence-electron chi connectivity index (χ2n) is 4.82. The van der Waals surface area contributed by atoms with Gasteiger partial charge < -0.3 is 10.1 Å². The summed E-state index contributed by atoms with van der Waals surface area (Å²) in [6.07, 6.45) is 1.95. The van der Waals surface area contributed by atoms with Crippen molar-refractivity contribution in [2.75, 3.05) is 0 Å². The summed E-state index contributed by atoms with van der Waals surface area (Å²) in [7, 11) is 0. The molecule has 0 saturated heterocycles. The number of hydrogen-bond acceptors (Lipinski definition) is 5. The molecule has 2 aromatic rings. The SMILES string of the molecule is CCC(C)(Cn1nnnc1-c1ccc(=O)[nH]c1)C(=O)O. The van der Waals surface area contributed by atoms with Gasteiger partial charge in [-0.2, -0.15) is 0 Å². The number of carbonyl (C=O) groups is 1. The van der Waals surface area contributed by atoms with E-state index in [1.165, 1.54) is 16.9 Å². The van der Waals surface area contributed by atoms with Gasteiger partial charge in [-0.05, 0) is 29.8 Å². The molecule has 0 radical (unpaired) electrons. The molecule has 8 heteroatoms. The smallest absolute Gasteiger partial charge is 0.311 e. The van der Waals surface area contributed by atoms with Gasteiger partial charge in [0.15, 0.2) is 5.82 Å². The van der Waals surface area contributed by atoms with Crippen LogP contribution in [0, 0.1) is 5.41 Å². The molecule has 8 nitrogen and oxygen atoms in total. The molecule has 0 aliphatic carbocycles. The number of carboxylic acid groups (broad SMARTS) is 1. The number of hydrogen-bond donors (Lipinski definition) is 2. The molecular formula is C12H15N5O3. The third-order valence-electron chi connectivity index (χ3n) is 3.37. The molecule has 20 heavy (non-hydrogen) atoms. The van der Waals surface area contributed by atoms with Crippen molar-refractivity contribution in [2.24, 2.45) is 5.41 Å². The summed E-state index contributed by atoms with van der Waals surface area (Å²) in [6, 6.07) is 2.95. The Bertz CT molecular complexity index is 657. The van der Waals surface area contributed by atoms with Crippen LogP contribution in [0.3, 0.4) is 0 Å². The Morgan fingerprint density at radius 1 is 1.50 bits per heavy atom. The molecule has 0 amide bonds. The zero-order valence-corrected chi connectivity index (χ0v) is 11.2. The molecule has 0 saturated carbocycles. The van der Waals surface area contributed by atoms with Crippen molar-refractivity contribution in [3.8, 4) is 11.4 Å². The van der Waals surface area contributed by atoms with Gasteiger partial charge >= 0.3 is 5.97 Å². The van der Waals surface area contributed by atoms with Crippen LogP contribution in [0.5, 0.6) is 0 Å². The van der Waals surface area contributed by atoms with Crippen LogP contribution in [-0.2, 0) is 11.3 Å². The summed E-state index contributed by atoms with van der Waals surface area (Å²) in [5.74, 6) is -0.481. The van der Waals surface area contributed by atoms with E-state index in [1.807, 2.05) is 0 Å². The second kappa shape index (κ2) is 5.24. The lowest BCUT2D eigenvalue weighted by atomic mass is 9.88. The maximum absolute atomic E-state index is 11.3. The van der Waals surface area contributed by atoms with E-state index in [9.17, 15) is 14.7 Å². The van der Waals surface area contributed by atoms with Crippen LogP contribution in [-0.4, -0.2) is 36.3 Å². The molecule has 1 unspecified atom stereocenters. The highest BCUT2D eigenvalue weighted by molar-refractivity contribution is 5.74. The van der Waals surface area contributed by atoms with Gasteiger partial charge in [0, 0.05) is 17.8 Å². The van der Waals surface area contributed by atoms with Crippen LogP contribution in [0.4, 0.5) is 0 Å². The Kier molecular flexibility index (Phi) is 3.64. The number of rotatable bonds is 5. The third-order valence-corrected chi connectivity index (χ3v) is 3.37. The number of aliphatic carboxylic acids is 1. The second-order valence-corrected chi connectivity index (χ2v) is 4.82. The van der Waals surface area contributed by atoms with Gasteiger partial charge in [0.2, 0.25) is 5.56 Å². The van der Waals surface area contributed by atoms with E-state index in [2.05, 4.69) is 20.5 Å². The molecule has 0 bridgehead atoms. The quantitative estimate of drug-likeness (QED) is 0.824. The number of aromatic amines is 1. The molecule has 106 valence electrons. The number of nitrogens with zero attached hydrogens (tertiary/aromatic N) is 4. The zero-order valence-electron chi connectivity index (χ0n) is 11.2. The normalized spacial score (nSPS) is 13.9. The first-order chi connectivity index (χ1) is 9.46. The number of H-pyrrole nitrogens is 1. The molecule has 2 aromatic heterocycles. The average Bonchev–Trinajstić information content (AvgIpc) is 2.87. The summed E-state index contributed by atoms with van der Waals surface area (Å²) >= 11 is 0. The number of nitrogens with one attached hydrogen (secondary N) is 1. The molecule has 2 N–H and O–H groups in total. The molecule has 2 heterocycles. The first kappa shape index (κ1) is 13.9. The number of aromatic nitrogens is 5. The van der Waals surface area contributed by atoms with Crippen LogP contribution < -0.4 is 5.56 Å². The van der Waals surface area contributed by atoms with Gasteiger partial charge in [-0.25, -0.2) is 4.68 Å². The van der Waals surface area contributed by atoms with E-state index in [0.717, 1.165) is 0 Å². The first-order valence-corrected chi connectivity index (χ1v) is 6.15. The molecule has 2 rings (SSSR count). The summed E-state index contributed by atoms with van der Waals surface area (Å²) in [6.45, 7) is 3.60. The van der Waals surface area contributed by atoms with Gasteiger partial charge in [0.25, 0.3) is 0 Å². The van der Waals surface area contributed by atoms with Crippen LogP contribution in [0.15, 0.2) is 23.1 Å². The summed E-state index contributed by atoms with van der Waals surface area (Å²) in [4.78, 5) is 24.9. The highest BCUT2D eigenvalue weighted by atomic mass is 16.4. The Hall–Kier alpha value is -2.51. The minimum Gasteiger partial charge on any atom is -0.481 e. The van der Waals surface area contributed by atoms with Crippen molar-refractivity contribution in [1.82, 2.24) is 25.2 Å². The highest BCUT2D eigenvalue weighted by Crippen LogP contribution is 2.25. The summed E-state index contributed by atoms with van der Waals surface area (Å²) in [5, 5.41) is 20.6. The van der Waals surface area contributed by atoms with Crippen molar-refractivity contribution < 1.29 is 9.90 Å². The fourth-order valence-corrected chi connectivity index (χ4v) is 1.73. The van der Waals surface area contributed by atoms with Gasteiger partial charge in [-0.15, -0.1) is 5.10 Å². The van der Waals surface area contributed by atoms with Gasteiger partial charge in [-0.3, -0.25) is 9.59 Å². The standard InChI is InChI=1S/C12H15N5O3/c1-3-12(2,11(19)20)7-17-10(14-15-16-17)8-4-5-9(18)13-6-8/h4-6H,3,7H2,1-2H3,(H,13,18)(H,19,20). The molecular weight excluding hydrogens is 262 g/mol. The summed E-state index contributed by atoms with van der Waals surface area (Å²) < 4.78 is 1.44. The van der Waals surface area contributed by atoms with Gasteiger partial charge in [0.05, 0.1) is 12.0 Å². The fraction of sp³-hybridized carbons (Fsp3) is 0.417. The maximum atomic E-state index is 11.3. The van der Waals surface area contributed by atoms with E-state index in [4.69, 9.17) is 0 Å². The predicted molar refractivity (Wildman–Crippen MR) is 69.9 cm³/mol. The van der Waals surface area contributed by atoms with Crippen molar-refractivity contribution >= 4 is 5.97 Å². The molecule has 0 fully saturated rings. The van der Waals surface area contributed by atoms with E-state index >= 15 is 0 Å². The van der Waals surface area contributed by atoms with E-state index in [-0.39, 0.29) is 12.1 Å². The number of tetrazole rings is 1. The summed E-state index contributed by atoms with van der Waals surface area (Å²) in [5.41, 5.74) is -0.554. The zero-order chi connectivity index (χ0) is 14.8. The Labute approximate surface area is 114 Å². The van der Waals surface area contributed by atoms with Crippen molar-refractivity contribution in [3.63, 3.8) is 0 Å². The monoisotopic (exact) mass is 277 g/mol. The van der Waals surface area contributed by atoms with Crippen LogP contribution in [0.25, 0.3) is 11.4 Å². The molecule has 0 aliphatic rings.